The van der Waals surface area contributed by atoms with E-state index in [1.165, 1.54) is 4.57 Å². The van der Waals surface area contributed by atoms with Crippen LogP contribution in [0.4, 0.5) is 5.95 Å². The number of hydrogen-bond acceptors (Lipinski definition) is 6. The van der Waals surface area contributed by atoms with E-state index in [2.05, 4.69) is 29.1 Å². The van der Waals surface area contributed by atoms with Crippen molar-refractivity contribution in [1.82, 2.24) is 19.1 Å². The summed E-state index contributed by atoms with van der Waals surface area (Å²) in [5, 5.41) is 13.7. The van der Waals surface area contributed by atoms with E-state index in [0.717, 1.165) is 6.42 Å². The van der Waals surface area contributed by atoms with Gasteiger partial charge in [-0.1, -0.05) is 32.0 Å². The maximum atomic E-state index is 12.5. The molecule has 0 spiro atoms. The monoisotopic (exact) mass is 401 g/mol. The Labute approximate surface area is 168 Å². The topological polar surface area (TPSA) is 114 Å². The Morgan fingerprint density at radius 1 is 1.24 bits per heavy atom. The zero-order chi connectivity index (χ0) is 21.0. The van der Waals surface area contributed by atoms with E-state index in [9.17, 15) is 14.7 Å². The minimum atomic E-state index is -0.880. The lowest BCUT2D eigenvalue weighted by molar-refractivity contribution is 0.0938. The molecule has 2 aromatic heterocycles. The molecule has 9 nitrogen and oxygen atoms in total. The molecule has 0 fully saturated rings. The van der Waals surface area contributed by atoms with E-state index >= 15 is 0 Å². The standard InChI is InChI=1S/C20H27N5O4/c1-13(2)9-10-21-19-22-17-16(18(27)23-20(28)24(17)3)25(19)11-14(26)12-29-15-7-5-4-6-8-15/h4-8,13-14,26H,9-12H2,1-3H3,(H,21,22)(H,23,27,28). The predicted molar refractivity (Wildman–Crippen MR) is 111 cm³/mol. The molecule has 0 radical (unpaired) electrons. The van der Waals surface area contributed by atoms with Crippen LogP contribution in [0.25, 0.3) is 11.2 Å². The van der Waals surface area contributed by atoms with Gasteiger partial charge in [-0.2, -0.15) is 4.98 Å². The Hall–Kier alpha value is -3.07. The van der Waals surface area contributed by atoms with Crippen LogP contribution in [0.1, 0.15) is 20.3 Å². The summed E-state index contributed by atoms with van der Waals surface area (Å²) >= 11 is 0. The van der Waals surface area contributed by atoms with E-state index in [0.29, 0.717) is 24.2 Å². The number of aliphatic hydroxyl groups is 1. The van der Waals surface area contributed by atoms with Crippen LogP contribution in [0.2, 0.25) is 0 Å². The molecule has 1 atom stereocenters. The largest absolute Gasteiger partial charge is 0.491 e. The molecular formula is C20H27N5O4. The van der Waals surface area contributed by atoms with E-state index in [1.54, 1.807) is 23.7 Å². The molecule has 0 aliphatic heterocycles. The fraction of sp³-hybridized carbons (Fsp3) is 0.450. The Bertz CT molecular complexity index is 1070. The average molecular weight is 401 g/mol. The zero-order valence-electron chi connectivity index (χ0n) is 16.9. The van der Waals surface area contributed by atoms with Crippen LogP contribution < -0.4 is 21.3 Å². The summed E-state index contributed by atoms with van der Waals surface area (Å²) in [6.45, 7) is 5.03. The van der Waals surface area contributed by atoms with Crippen molar-refractivity contribution in [2.75, 3.05) is 18.5 Å². The maximum absolute atomic E-state index is 12.5. The van der Waals surface area contributed by atoms with Gasteiger partial charge < -0.3 is 19.7 Å². The number of aryl methyl sites for hydroxylation is 1. The summed E-state index contributed by atoms with van der Waals surface area (Å²) in [5.74, 6) is 1.58. The molecule has 29 heavy (non-hydrogen) atoms. The van der Waals surface area contributed by atoms with Gasteiger partial charge in [-0.15, -0.1) is 0 Å². The van der Waals surface area contributed by atoms with Gasteiger partial charge >= 0.3 is 5.69 Å². The van der Waals surface area contributed by atoms with Crippen molar-refractivity contribution < 1.29 is 9.84 Å². The number of H-pyrrole nitrogens is 1. The first-order chi connectivity index (χ1) is 13.9. The normalized spacial score (nSPS) is 12.4. The highest BCUT2D eigenvalue weighted by Crippen LogP contribution is 2.17. The van der Waals surface area contributed by atoms with Crippen molar-refractivity contribution in [2.45, 2.75) is 32.9 Å². The second-order valence-electron chi connectivity index (χ2n) is 7.42. The van der Waals surface area contributed by atoms with Gasteiger partial charge in [0, 0.05) is 13.6 Å². The fourth-order valence-electron chi connectivity index (χ4n) is 2.99. The molecular weight excluding hydrogens is 374 g/mol. The smallest absolute Gasteiger partial charge is 0.329 e. The van der Waals surface area contributed by atoms with E-state index < -0.39 is 17.4 Å². The summed E-state index contributed by atoms with van der Waals surface area (Å²) < 4.78 is 8.50. The van der Waals surface area contributed by atoms with Gasteiger partial charge in [0.1, 0.15) is 18.5 Å². The van der Waals surface area contributed by atoms with E-state index in [4.69, 9.17) is 4.74 Å². The number of fused-ring (bicyclic) bond motifs is 1. The minimum absolute atomic E-state index is 0.0544. The van der Waals surface area contributed by atoms with Crippen molar-refractivity contribution in [3.8, 4) is 5.75 Å². The third-order valence-electron chi connectivity index (χ3n) is 4.59. The van der Waals surface area contributed by atoms with Crippen molar-refractivity contribution in [2.24, 2.45) is 13.0 Å². The molecule has 0 aliphatic carbocycles. The van der Waals surface area contributed by atoms with Crippen molar-refractivity contribution in [3.63, 3.8) is 0 Å². The van der Waals surface area contributed by atoms with Gasteiger partial charge in [0.05, 0.1) is 6.54 Å². The Morgan fingerprint density at radius 2 is 1.97 bits per heavy atom. The van der Waals surface area contributed by atoms with Crippen LogP contribution in [0.15, 0.2) is 39.9 Å². The fourth-order valence-corrected chi connectivity index (χ4v) is 2.99. The quantitative estimate of drug-likeness (QED) is 0.498. The van der Waals surface area contributed by atoms with E-state index in [1.807, 2.05) is 18.2 Å². The number of nitrogens with zero attached hydrogens (tertiary/aromatic N) is 3. The van der Waals surface area contributed by atoms with Crippen LogP contribution >= 0.6 is 0 Å². The van der Waals surface area contributed by atoms with Gasteiger partial charge in [0.25, 0.3) is 5.56 Å². The second-order valence-corrected chi connectivity index (χ2v) is 7.42. The summed E-state index contributed by atoms with van der Waals surface area (Å²) in [4.78, 5) is 31.1. The predicted octanol–water partition coefficient (Wildman–Crippen LogP) is 1.32. The van der Waals surface area contributed by atoms with Gasteiger partial charge in [-0.3, -0.25) is 14.3 Å². The molecule has 2 heterocycles. The molecule has 1 aromatic carbocycles. The number of para-hydroxylation sites is 1. The first kappa shape index (κ1) is 20.7. The number of anilines is 1. The second kappa shape index (κ2) is 8.95. The van der Waals surface area contributed by atoms with Gasteiger partial charge in [0.15, 0.2) is 11.2 Å². The van der Waals surface area contributed by atoms with E-state index in [-0.39, 0.29) is 24.3 Å². The lowest BCUT2D eigenvalue weighted by atomic mass is 10.1. The number of aromatic amines is 1. The van der Waals surface area contributed by atoms with Crippen LogP contribution in [0, 0.1) is 5.92 Å². The lowest BCUT2D eigenvalue weighted by Gasteiger charge is -2.16. The van der Waals surface area contributed by atoms with Crippen LogP contribution in [-0.4, -0.2) is 43.5 Å². The van der Waals surface area contributed by atoms with Crippen molar-refractivity contribution in [1.29, 1.82) is 0 Å². The maximum Gasteiger partial charge on any atom is 0.329 e. The molecule has 0 saturated carbocycles. The molecule has 0 bridgehead atoms. The number of aliphatic hydroxyl groups excluding tert-OH is 1. The molecule has 3 N–H and O–H groups in total. The third kappa shape index (κ3) is 4.86. The number of hydrogen-bond donors (Lipinski definition) is 3. The molecule has 1 unspecified atom stereocenters. The number of benzene rings is 1. The zero-order valence-corrected chi connectivity index (χ0v) is 16.9. The van der Waals surface area contributed by atoms with Crippen molar-refractivity contribution >= 4 is 17.1 Å². The first-order valence-corrected chi connectivity index (χ1v) is 9.66. The summed E-state index contributed by atoms with van der Waals surface area (Å²) in [5.41, 5.74) is -0.572. The highest BCUT2D eigenvalue weighted by molar-refractivity contribution is 5.74. The van der Waals surface area contributed by atoms with Gasteiger partial charge in [-0.05, 0) is 24.5 Å². The van der Waals surface area contributed by atoms with Gasteiger partial charge in [-0.25, -0.2) is 4.79 Å². The molecule has 156 valence electrons. The average Bonchev–Trinajstić information content (AvgIpc) is 3.04. The SMILES string of the molecule is CC(C)CCNc1nc2c(c(=O)[nH]c(=O)n2C)n1CC(O)COc1ccccc1. The number of nitrogens with one attached hydrogen (secondary N) is 2. The molecule has 3 aromatic rings. The van der Waals surface area contributed by atoms with Crippen molar-refractivity contribution in [3.05, 3.63) is 51.2 Å². The lowest BCUT2D eigenvalue weighted by Crippen LogP contribution is -2.31. The van der Waals surface area contributed by atoms with Crippen LogP contribution in [-0.2, 0) is 13.6 Å². The summed E-state index contributed by atoms with van der Waals surface area (Å²) in [6.07, 6.45) is 0.0351. The van der Waals surface area contributed by atoms with Crippen LogP contribution in [0.5, 0.6) is 5.75 Å². The molecule has 0 saturated heterocycles. The molecule has 0 aliphatic rings. The number of rotatable bonds is 9. The number of ether oxygens (including phenoxy) is 1. The Kier molecular flexibility index (Phi) is 6.38. The number of imidazole rings is 1. The van der Waals surface area contributed by atoms with Crippen LogP contribution in [0.3, 0.4) is 0 Å². The highest BCUT2D eigenvalue weighted by atomic mass is 16.5. The third-order valence-corrected chi connectivity index (χ3v) is 4.59. The summed E-state index contributed by atoms with van der Waals surface area (Å²) in [6, 6.07) is 9.19. The Morgan fingerprint density at radius 3 is 2.66 bits per heavy atom. The molecule has 9 heteroatoms. The number of aromatic nitrogens is 4. The Balaban J connectivity index is 1.87. The minimum Gasteiger partial charge on any atom is -0.491 e. The van der Waals surface area contributed by atoms with Gasteiger partial charge in [0.2, 0.25) is 5.95 Å². The molecule has 3 rings (SSSR count). The first-order valence-electron chi connectivity index (χ1n) is 9.66. The highest BCUT2D eigenvalue weighted by Gasteiger charge is 2.19. The summed E-state index contributed by atoms with van der Waals surface area (Å²) in [7, 11) is 1.55. The molecule has 0 amide bonds.